The Bertz CT molecular complexity index is 485. The lowest BCUT2D eigenvalue weighted by molar-refractivity contribution is -0.131. The molecule has 1 aromatic carbocycles. The van der Waals surface area contributed by atoms with Crippen LogP contribution >= 0.6 is 0 Å². The summed E-state index contributed by atoms with van der Waals surface area (Å²) >= 11 is 0. The maximum absolute atomic E-state index is 10.8. The van der Waals surface area contributed by atoms with Crippen LogP contribution in [-0.2, 0) is 4.79 Å². The molecule has 0 bridgehead atoms. The maximum Gasteiger partial charge on any atom is 0.308 e. The average molecular weight is 189 g/mol. The second kappa shape index (κ2) is 3.18. The highest BCUT2D eigenvalue weighted by molar-refractivity contribution is 5.88. The Morgan fingerprint density at radius 1 is 1.43 bits per heavy atom. The smallest absolute Gasteiger partial charge is 0.308 e. The first-order valence-corrected chi connectivity index (χ1v) is 4.43. The Morgan fingerprint density at radius 2 is 2.21 bits per heavy atom. The average Bonchev–Trinajstić information content (AvgIpc) is 2.47. The number of aryl methyl sites for hydroxylation is 1. The summed E-state index contributed by atoms with van der Waals surface area (Å²) in [5.41, 5.74) is 2.16. The van der Waals surface area contributed by atoms with Gasteiger partial charge in [-0.3, -0.25) is 4.79 Å². The number of aromatic nitrogens is 1. The van der Waals surface area contributed by atoms with Crippen molar-refractivity contribution in [3.63, 3.8) is 0 Å². The highest BCUT2D eigenvalue weighted by atomic mass is 16.5. The minimum absolute atomic E-state index is 0.300. The first-order chi connectivity index (χ1) is 6.66. The molecule has 1 N–H and O–H groups in total. The van der Waals surface area contributed by atoms with E-state index in [0.29, 0.717) is 5.75 Å². The van der Waals surface area contributed by atoms with Crippen LogP contribution in [0.1, 0.15) is 12.5 Å². The summed E-state index contributed by atoms with van der Waals surface area (Å²) in [5, 5.41) is 0.936. The first-order valence-electron chi connectivity index (χ1n) is 4.43. The van der Waals surface area contributed by atoms with Crippen molar-refractivity contribution in [2.75, 3.05) is 0 Å². The molecular formula is C11H11NO2. The van der Waals surface area contributed by atoms with Crippen LogP contribution in [0.4, 0.5) is 0 Å². The quantitative estimate of drug-likeness (QED) is 0.700. The third-order valence-corrected chi connectivity index (χ3v) is 2.05. The molecule has 0 spiro atoms. The number of esters is 1. The van der Waals surface area contributed by atoms with Gasteiger partial charge in [-0.05, 0) is 24.6 Å². The molecule has 14 heavy (non-hydrogen) atoms. The van der Waals surface area contributed by atoms with Gasteiger partial charge >= 0.3 is 5.97 Å². The number of rotatable bonds is 1. The molecule has 0 saturated carbocycles. The predicted molar refractivity (Wildman–Crippen MR) is 54.3 cm³/mol. The van der Waals surface area contributed by atoms with Gasteiger partial charge in [0.25, 0.3) is 0 Å². The Balaban J connectivity index is 2.52. The lowest BCUT2D eigenvalue weighted by Crippen LogP contribution is -2.00. The normalized spacial score (nSPS) is 10.4. The van der Waals surface area contributed by atoms with E-state index in [1.54, 1.807) is 6.20 Å². The summed E-state index contributed by atoms with van der Waals surface area (Å²) in [7, 11) is 0. The van der Waals surface area contributed by atoms with Crippen LogP contribution in [0.15, 0.2) is 24.4 Å². The first kappa shape index (κ1) is 8.81. The van der Waals surface area contributed by atoms with Crippen LogP contribution in [-0.4, -0.2) is 11.0 Å². The van der Waals surface area contributed by atoms with Gasteiger partial charge in [0.15, 0.2) is 5.75 Å². The molecule has 0 saturated heterocycles. The van der Waals surface area contributed by atoms with Crippen LogP contribution in [0.25, 0.3) is 10.9 Å². The van der Waals surface area contributed by atoms with E-state index in [0.717, 1.165) is 10.9 Å². The SMILES string of the molecule is CC(=O)Oc1c[nH]c2cc(C)ccc12. The van der Waals surface area contributed by atoms with Crippen LogP contribution in [0.5, 0.6) is 5.75 Å². The highest BCUT2D eigenvalue weighted by Crippen LogP contribution is 2.25. The lowest BCUT2D eigenvalue weighted by atomic mass is 10.2. The van der Waals surface area contributed by atoms with E-state index in [4.69, 9.17) is 4.74 Å². The number of H-pyrrole nitrogens is 1. The largest absolute Gasteiger partial charge is 0.424 e. The molecule has 2 aromatic rings. The monoisotopic (exact) mass is 189 g/mol. The van der Waals surface area contributed by atoms with E-state index in [2.05, 4.69) is 4.98 Å². The molecule has 3 heteroatoms. The summed E-state index contributed by atoms with van der Waals surface area (Å²) in [6.45, 7) is 3.42. The number of aromatic amines is 1. The van der Waals surface area contributed by atoms with Crippen LogP contribution in [0.3, 0.4) is 0 Å². The van der Waals surface area contributed by atoms with Crippen molar-refractivity contribution in [1.29, 1.82) is 0 Å². The zero-order valence-corrected chi connectivity index (χ0v) is 8.13. The number of fused-ring (bicyclic) bond motifs is 1. The minimum atomic E-state index is -0.300. The zero-order chi connectivity index (χ0) is 10.1. The summed E-state index contributed by atoms with van der Waals surface area (Å²) in [6.07, 6.45) is 1.70. The van der Waals surface area contributed by atoms with Gasteiger partial charge in [0.2, 0.25) is 0 Å². The number of carbonyl (C=O) groups excluding carboxylic acids is 1. The van der Waals surface area contributed by atoms with E-state index < -0.39 is 0 Å². The lowest BCUT2D eigenvalue weighted by Gasteiger charge is -1.98. The molecule has 0 aliphatic carbocycles. The van der Waals surface area contributed by atoms with E-state index in [-0.39, 0.29) is 5.97 Å². The minimum Gasteiger partial charge on any atom is -0.424 e. The summed E-state index contributed by atoms with van der Waals surface area (Å²) in [5.74, 6) is 0.291. The van der Waals surface area contributed by atoms with Crippen molar-refractivity contribution >= 4 is 16.9 Å². The van der Waals surface area contributed by atoms with Crippen LogP contribution in [0, 0.1) is 6.92 Å². The fourth-order valence-corrected chi connectivity index (χ4v) is 1.45. The van der Waals surface area contributed by atoms with Crippen molar-refractivity contribution in [1.82, 2.24) is 4.98 Å². The molecule has 0 fully saturated rings. The molecule has 72 valence electrons. The standard InChI is InChI=1S/C11H11NO2/c1-7-3-4-9-10(5-7)12-6-11(9)14-8(2)13/h3-6,12H,1-2H3. The van der Waals surface area contributed by atoms with Gasteiger partial charge in [0.05, 0.1) is 0 Å². The second-order valence-corrected chi connectivity index (χ2v) is 3.30. The summed E-state index contributed by atoms with van der Waals surface area (Å²) < 4.78 is 5.04. The molecule has 3 nitrogen and oxygen atoms in total. The molecule has 0 aliphatic rings. The number of hydrogen-bond donors (Lipinski definition) is 1. The molecule has 1 heterocycles. The fraction of sp³-hybridized carbons (Fsp3) is 0.182. The Labute approximate surface area is 81.7 Å². The third kappa shape index (κ3) is 1.48. The van der Waals surface area contributed by atoms with Gasteiger partial charge in [-0.25, -0.2) is 0 Å². The summed E-state index contributed by atoms with van der Waals surface area (Å²) in [6, 6.07) is 5.95. The molecule has 0 aliphatic heterocycles. The van der Waals surface area contributed by atoms with Crippen molar-refractivity contribution in [2.24, 2.45) is 0 Å². The Hall–Kier alpha value is -1.77. The van der Waals surface area contributed by atoms with Gasteiger partial charge in [0, 0.05) is 24.0 Å². The number of hydrogen-bond acceptors (Lipinski definition) is 2. The fourth-order valence-electron chi connectivity index (χ4n) is 1.45. The van der Waals surface area contributed by atoms with Crippen molar-refractivity contribution < 1.29 is 9.53 Å². The predicted octanol–water partition coefficient (Wildman–Crippen LogP) is 2.40. The highest BCUT2D eigenvalue weighted by Gasteiger charge is 2.06. The van der Waals surface area contributed by atoms with E-state index >= 15 is 0 Å². The van der Waals surface area contributed by atoms with Crippen LogP contribution in [0.2, 0.25) is 0 Å². The summed E-state index contributed by atoms with van der Waals surface area (Å²) in [4.78, 5) is 13.8. The Kier molecular flexibility index (Phi) is 2.00. The molecule has 2 rings (SSSR count). The molecule has 0 amide bonds. The number of nitrogens with one attached hydrogen (secondary N) is 1. The third-order valence-electron chi connectivity index (χ3n) is 2.05. The van der Waals surface area contributed by atoms with E-state index in [1.165, 1.54) is 12.5 Å². The van der Waals surface area contributed by atoms with E-state index in [1.807, 2.05) is 25.1 Å². The van der Waals surface area contributed by atoms with Crippen molar-refractivity contribution in [3.8, 4) is 5.75 Å². The molecule has 0 atom stereocenters. The topological polar surface area (TPSA) is 42.1 Å². The molecule has 1 aromatic heterocycles. The Morgan fingerprint density at radius 3 is 2.93 bits per heavy atom. The van der Waals surface area contributed by atoms with Crippen molar-refractivity contribution in [2.45, 2.75) is 13.8 Å². The molecular weight excluding hydrogens is 178 g/mol. The second-order valence-electron chi connectivity index (χ2n) is 3.30. The van der Waals surface area contributed by atoms with Crippen molar-refractivity contribution in [3.05, 3.63) is 30.0 Å². The van der Waals surface area contributed by atoms with Gasteiger partial charge in [-0.15, -0.1) is 0 Å². The number of ether oxygens (including phenoxy) is 1. The molecule has 0 unspecified atom stereocenters. The van der Waals surface area contributed by atoms with Gasteiger partial charge in [-0.2, -0.15) is 0 Å². The van der Waals surface area contributed by atoms with Gasteiger partial charge in [0.1, 0.15) is 0 Å². The van der Waals surface area contributed by atoms with Crippen LogP contribution < -0.4 is 4.74 Å². The van der Waals surface area contributed by atoms with E-state index in [9.17, 15) is 4.79 Å². The molecule has 0 radical (unpaired) electrons. The van der Waals surface area contributed by atoms with Gasteiger partial charge in [-0.1, -0.05) is 6.07 Å². The number of carbonyl (C=O) groups is 1. The zero-order valence-electron chi connectivity index (χ0n) is 8.13. The number of benzene rings is 1. The van der Waals surface area contributed by atoms with Gasteiger partial charge < -0.3 is 9.72 Å². The maximum atomic E-state index is 10.8.